The van der Waals surface area contributed by atoms with Gasteiger partial charge in [-0.05, 0) is 6.07 Å². The van der Waals surface area contributed by atoms with Gasteiger partial charge in [-0.15, -0.1) is 0 Å². The second kappa shape index (κ2) is 3.61. The van der Waals surface area contributed by atoms with Crippen LogP contribution >= 0.6 is 0 Å². The van der Waals surface area contributed by atoms with Gasteiger partial charge in [0.1, 0.15) is 0 Å². The molecule has 2 rings (SSSR count). The smallest absolute Gasteiger partial charge is 0.417 e. The first-order chi connectivity index (χ1) is 7.20. The van der Waals surface area contributed by atoms with E-state index in [0.29, 0.717) is 16.7 Å². The third-order valence-electron chi connectivity index (χ3n) is 2.09. The summed E-state index contributed by atoms with van der Waals surface area (Å²) in [7, 11) is 1.32. The van der Waals surface area contributed by atoms with Gasteiger partial charge in [0.25, 0.3) is 0 Å². The van der Waals surface area contributed by atoms with Gasteiger partial charge in [0, 0.05) is 5.56 Å². The number of H-pyrrole nitrogens is 1. The number of fused-ring (bicyclic) bond motifs is 1. The summed E-state index contributed by atoms with van der Waals surface area (Å²) in [5.41, 5.74) is 1.63. The van der Waals surface area contributed by atoms with Crippen molar-refractivity contribution in [2.45, 2.75) is 6.42 Å². The van der Waals surface area contributed by atoms with E-state index < -0.39 is 5.76 Å². The van der Waals surface area contributed by atoms with Gasteiger partial charge in [-0.3, -0.25) is 9.78 Å². The van der Waals surface area contributed by atoms with Crippen LogP contribution < -0.4 is 5.76 Å². The fraction of sp³-hybridized carbons (Fsp3) is 0.200. The molecule has 0 amide bonds. The lowest BCUT2D eigenvalue weighted by Gasteiger charge is -1.99. The molecule has 0 aliphatic carbocycles. The molecule has 0 aliphatic heterocycles. The van der Waals surface area contributed by atoms with Gasteiger partial charge in [0.2, 0.25) is 0 Å². The molecule has 0 saturated heterocycles. The molecule has 0 spiro atoms. The summed E-state index contributed by atoms with van der Waals surface area (Å²) in [6.45, 7) is 0. The Kier molecular flexibility index (Phi) is 2.29. The third kappa shape index (κ3) is 1.76. The maximum atomic E-state index is 11.1. The summed E-state index contributed by atoms with van der Waals surface area (Å²) in [5.74, 6) is -0.895. The molecule has 0 bridgehead atoms. The van der Waals surface area contributed by atoms with E-state index in [1.54, 1.807) is 18.2 Å². The van der Waals surface area contributed by atoms with Crippen molar-refractivity contribution in [2.75, 3.05) is 7.11 Å². The molecule has 1 N–H and O–H groups in total. The van der Waals surface area contributed by atoms with Crippen LogP contribution in [0.15, 0.2) is 27.4 Å². The maximum Gasteiger partial charge on any atom is 0.417 e. The quantitative estimate of drug-likeness (QED) is 0.740. The molecule has 2 aromatic rings. The normalized spacial score (nSPS) is 10.5. The second-order valence-electron chi connectivity index (χ2n) is 3.06. The molecule has 0 atom stereocenters. The molecule has 0 fully saturated rings. The lowest BCUT2D eigenvalue weighted by atomic mass is 10.1. The number of aromatic nitrogens is 1. The highest BCUT2D eigenvalue weighted by atomic mass is 16.5. The highest BCUT2D eigenvalue weighted by Gasteiger charge is 2.10. The lowest BCUT2D eigenvalue weighted by Crippen LogP contribution is -2.04. The van der Waals surface area contributed by atoms with E-state index in [4.69, 9.17) is 4.42 Å². The standard InChI is InChI=1S/C10H9NO4/c1-14-8(12)5-6-3-2-4-7-9(6)15-10(13)11-7/h2-4H,5H2,1H3,(H,11,13). The van der Waals surface area contributed by atoms with Gasteiger partial charge in [-0.25, -0.2) is 4.79 Å². The molecule has 0 radical (unpaired) electrons. The minimum atomic E-state index is -0.526. The number of rotatable bonds is 2. The highest BCUT2D eigenvalue weighted by molar-refractivity contribution is 5.82. The molecule has 1 heterocycles. The minimum Gasteiger partial charge on any atom is -0.469 e. The van der Waals surface area contributed by atoms with E-state index in [2.05, 4.69) is 9.72 Å². The summed E-state index contributed by atoms with van der Waals surface area (Å²) in [5, 5.41) is 0. The van der Waals surface area contributed by atoms with Crippen molar-refractivity contribution >= 4 is 17.1 Å². The van der Waals surface area contributed by atoms with Gasteiger partial charge >= 0.3 is 11.7 Å². The van der Waals surface area contributed by atoms with Crippen LogP contribution in [0.25, 0.3) is 11.1 Å². The predicted molar refractivity (Wildman–Crippen MR) is 52.6 cm³/mol. The Labute approximate surface area is 84.7 Å². The third-order valence-corrected chi connectivity index (χ3v) is 2.09. The molecular weight excluding hydrogens is 198 g/mol. The summed E-state index contributed by atoms with van der Waals surface area (Å²) in [4.78, 5) is 24.6. The number of ether oxygens (including phenoxy) is 1. The lowest BCUT2D eigenvalue weighted by molar-refractivity contribution is -0.139. The van der Waals surface area contributed by atoms with Crippen LogP contribution in [0.1, 0.15) is 5.56 Å². The van der Waals surface area contributed by atoms with E-state index in [1.807, 2.05) is 0 Å². The molecule has 1 aromatic heterocycles. The number of methoxy groups -OCH3 is 1. The largest absolute Gasteiger partial charge is 0.469 e. The van der Waals surface area contributed by atoms with Crippen LogP contribution in [-0.2, 0) is 16.0 Å². The van der Waals surface area contributed by atoms with Crippen molar-refractivity contribution in [3.05, 3.63) is 34.3 Å². The first kappa shape index (κ1) is 9.51. The fourth-order valence-corrected chi connectivity index (χ4v) is 1.40. The zero-order valence-corrected chi connectivity index (χ0v) is 8.07. The Bertz CT molecular complexity index is 552. The van der Waals surface area contributed by atoms with Gasteiger partial charge in [-0.2, -0.15) is 0 Å². The second-order valence-corrected chi connectivity index (χ2v) is 3.06. The van der Waals surface area contributed by atoms with Crippen LogP contribution in [0, 0.1) is 0 Å². The SMILES string of the molecule is COC(=O)Cc1cccc2[nH]c(=O)oc12. The molecule has 0 aliphatic rings. The molecule has 0 unspecified atom stereocenters. The average molecular weight is 207 g/mol. The van der Waals surface area contributed by atoms with Gasteiger partial charge in [0.05, 0.1) is 19.0 Å². The van der Waals surface area contributed by atoms with Crippen molar-refractivity contribution in [3.63, 3.8) is 0 Å². The van der Waals surface area contributed by atoms with E-state index in [1.165, 1.54) is 7.11 Å². The number of esters is 1. The Morgan fingerprint density at radius 3 is 3.07 bits per heavy atom. The Morgan fingerprint density at radius 2 is 2.33 bits per heavy atom. The van der Waals surface area contributed by atoms with Crippen LogP contribution in [0.2, 0.25) is 0 Å². The van der Waals surface area contributed by atoms with Crippen molar-refractivity contribution in [3.8, 4) is 0 Å². The molecule has 0 saturated carbocycles. The number of hydrogen-bond donors (Lipinski definition) is 1. The van der Waals surface area contributed by atoms with Crippen LogP contribution in [0.5, 0.6) is 0 Å². The fourth-order valence-electron chi connectivity index (χ4n) is 1.40. The molecular formula is C10H9NO4. The first-order valence-electron chi connectivity index (χ1n) is 4.38. The van der Waals surface area contributed by atoms with E-state index >= 15 is 0 Å². The zero-order chi connectivity index (χ0) is 10.8. The van der Waals surface area contributed by atoms with E-state index in [-0.39, 0.29) is 12.4 Å². The number of benzene rings is 1. The van der Waals surface area contributed by atoms with Crippen LogP contribution in [0.3, 0.4) is 0 Å². The van der Waals surface area contributed by atoms with Crippen LogP contribution in [0.4, 0.5) is 0 Å². The van der Waals surface area contributed by atoms with Crippen molar-refractivity contribution in [2.24, 2.45) is 0 Å². The predicted octanol–water partition coefficient (Wildman–Crippen LogP) is 0.837. The molecule has 78 valence electrons. The number of carbonyl (C=O) groups is 1. The van der Waals surface area contributed by atoms with Crippen molar-refractivity contribution < 1.29 is 13.9 Å². The number of carbonyl (C=O) groups excluding carboxylic acids is 1. The summed E-state index contributed by atoms with van der Waals surface area (Å²) >= 11 is 0. The topological polar surface area (TPSA) is 72.3 Å². The molecule has 1 aromatic carbocycles. The maximum absolute atomic E-state index is 11.1. The van der Waals surface area contributed by atoms with Crippen molar-refractivity contribution in [1.82, 2.24) is 4.98 Å². The van der Waals surface area contributed by atoms with Crippen LogP contribution in [-0.4, -0.2) is 18.1 Å². The molecule has 5 nitrogen and oxygen atoms in total. The number of nitrogens with one attached hydrogen (secondary N) is 1. The molecule has 15 heavy (non-hydrogen) atoms. The first-order valence-corrected chi connectivity index (χ1v) is 4.38. The number of para-hydroxylation sites is 1. The molecule has 5 heteroatoms. The monoisotopic (exact) mass is 207 g/mol. The van der Waals surface area contributed by atoms with Gasteiger partial charge < -0.3 is 9.15 Å². The number of aromatic amines is 1. The Morgan fingerprint density at radius 1 is 1.53 bits per heavy atom. The van der Waals surface area contributed by atoms with E-state index in [9.17, 15) is 9.59 Å². The highest BCUT2D eigenvalue weighted by Crippen LogP contribution is 2.16. The van der Waals surface area contributed by atoms with E-state index in [0.717, 1.165) is 0 Å². The summed E-state index contributed by atoms with van der Waals surface area (Å²) in [6, 6.07) is 5.17. The van der Waals surface area contributed by atoms with Crippen molar-refractivity contribution in [1.29, 1.82) is 0 Å². The Balaban J connectivity index is 2.50. The Hall–Kier alpha value is -2.04. The van der Waals surface area contributed by atoms with Gasteiger partial charge in [-0.1, -0.05) is 12.1 Å². The number of oxazole rings is 1. The minimum absolute atomic E-state index is 0.0919. The summed E-state index contributed by atoms with van der Waals surface area (Å²) < 4.78 is 9.47. The average Bonchev–Trinajstić information content (AvgIpc) is 2.59. The summed E-state index contributed by atoms with van der Waals surface area (Å²) in [6.07, 6.45) is 0.0919. The van der Waals surface area contributed by atoms with Gasteiger partial charge in [0.15, 0.2) is 5.58 Å². The zero-order valence-electron chi connectivity index (χ0n) is 8.07. The number of hydrogen-bond acceptors (Lipinski definition) is 4.